The Labute approximate surface area is 172 Å². The van der Waals surface area contributed by atoms with Gasteiger partial charge in [-0.1, -0.05) is 51.8 Å². The van der Waals surface area contributed by atoms with Gasteiger partial charge in [0, 0.05) is 26.0 Å². The summed E-state index contributed by atoms with van der Waals surface area (Å²) in [7, 11) is 0. The number of ketones is 1. The van der Waals surface area contributed by atoms with E-state index in [1.807, 2.05) is 17.5 Å². The summed E-state index contributed by atoms with van der Waals surface area (Å²) in [6.07, 6.45) is 1.43. The van der Waals surface area contributed by atoms with Gasteiger partial charge >= 0.3 is 0 Å². The lowest BCUT2D eigenvalue weighted by Crippen LogP contribution is -2.24. The number of hydrogen-bond donors (Lipinski definition) is 0. The van der Waals surface area contributed by atoms with E-state index in [9.17, 15) is 9.59 Å². The van der Waals surface area contributed by atoms with Gasteiger partial charge in [0.1, 0.15) is 4.83 Å². The van der Waals surface area contributed by atoms with Crippen LogP contribution in [0.5, 0.6) is 0 Å². The van der Waals surface area contributed by atoms with Crippen molar-refractivity contribution in [1.82, 2.24) is 9.55 Å². The van der Waals surface area contributed by atoms with E-state index in [2.05, 4.69) is 20.9 Å². The summed E-state index contributed by atoms with van der Waals surface area (Å²) in [5, 5.41) is 3.06. The van der Waals surface area contributed by atoms with Gasteiger partial charge < -0.3 is 0 Å². The molecular weight excluding hydrogens is 448 g/mol. The largest absolute Gasteiger partial charge is 0.292 e. The fourth-order valence-electron chi connectivity index (χ4n) is 2.80. The minimum atomic E-state index is -0.225. The maximum atomic E-state index is 13.0. The SMILES string of the molecule is O=C(Cn1cnc2scc(-c3ccc(Cl)cc3)c2c1=O)c1ccc(Br)cc1. The number of halogens is 2. The molecule has 0 radical (unpaired) electrons. The highest BCUT2D eigenvalue weighted by atomic mass is 79.9. The van der Waals surface area contributed by atoms with Gasteiger partial charge in [-0.2, -0.15) is 0 Å². The highest BCUT2D eigenvalue weighted by Crippen LogP contribution is 2.31. The lowest BCUT2D eigenvalue weighted by Gasteiger charge is -2.06. The molecule has 0 aliphatic carbocycles. The fourth-order valence-corrected chi connectivity index (χ4v) is 4.10. The Morgan fingerprint density at radius 3 is 2.52 bits per heavy atom. The van der Waals surface area contributed by atoms with Gasteiger partial charge in [0.05, 0.1) is 18.3 Å². The van der Waals surface area contributed by atoms with Crippen molar-refractivity contribution in [3.8, 4) is 11.1 Å². The van der Waals surface area contributed by atoms with E-state index < -0.39 is 0 Å². The first-order valence-corrected chi connectivity index (χ1v) is 10.1. The highest BCUT2D eigenvalue weighted by molar-refractivity contribution is 9.10. The smallest absolute Gasteiger partial charge is 0.263 e. The molecule has 0 saturated heterocycles. The topological polar surface area (TPSA) is 52.0 Å². The van der Waals surface area contributed by atoms with Gasteiger partial charge in [0.2, 0.25) is 0 Å². The Morgan fingerprint density at radius 1 is 1.11 bits per heavy atom. The van der Waals surface area contributed by atoms with Crippen molar-refractivity contribution < 1.29 is 4.79 Å². The van der Waals surface area contributed by atoms with E-state index in [1.54, 1.807) is 36.4 Å². The first kappa shape index (κ1) is 18.1. The molecular formula is C20H12BrClN2O2S. The summed E-state index contributed by atoms with van der Waals surface area (Å²) >= 11 is 10.7. The third kappa shape index (κ3) is 3.60. The first-order valence-electron chi connectivity index (χ1n) is 8.04. The molecule has 0 bridgehead atoms. The third-order valence-corrected chi connectivity index (χ3v) is 5.86. The maximum absolute atomic E-state index is 13.0. The number of Topliss-reactive ketones (excluding diaryl/α,β-unsaturated/α-hetero) is 1. The number of aromatic nitrogens is 2. The molecule has 2 aromatic carbocycles. The number of rotatable bonds is 4. The molecule has 4 rings (SSSR count). The van der Waals surface area contributed by atoms with Gasteiger partial charge in [0.25, 0.3) is 5.56 Å². The van der Waals surface area contributed by atoms with Gasteiger partial charge in [-0.25, -0.2) is 4.98 Å². The molecule has 0 saturated carbocycles. The van der Waals surface area contributed by atoms with Crippen LogP contribution in [0.2, 0.25) is 5.02 Å². The van der Waals surface area contributed by atoms with Gasteiger partial charge in [-0.15, -0.1) is 11.3 Å². The van der Waals surface area contributed by atoms with Crippen molar-refractivity contribution in [1.29, 1.82) is 0 Å². The Bertz CT molecular complexity index is 1200. The molecule has 7 heteroatoms. The van der Waals surface area contributed by atoms with Crippen molar-refractivity contribution in [2.24, 2.45) is 0 Å². The summed E-state index contributed by atoms with van der Waals surface area (Å²) < 4.78 is 2.25. The Kier molecular flexibility index (Phi) is 4.95. The molecule has 2 heterocycles. The second kappa shape index (κ2) is 7.38. The molecule has 0 aliphatic heterocycles. The van der Waals surface area contributed by atoms with Crippen molar-refractivity contribution >= 4 is 54.9 Å². The lowest BCUT2D eigenvalue weighted by atomic mass is 10.1. The normalized spacial score (nSPS) is 11.0. The van der Waals surface area contributed by atoms with Crippen molar-refractivity contribution in [3.05, 3.63) is 85.7 Å². The Hall–Kier alpha value is -2.28. The Morgan fingerprint density at radius 2 is 1.81 bits per heavy atom. The van der Waals surface area contributed by atoms with Gasteiger partial charge in [-0.05, 0) is 29.8 Å². The summed E-state index contributed by atoms with van der Waals surface area (Å²) in [5.74, 6) is -0.144. The van der Waals surface area contributed by atoms with Crippen LogP contribution in [0.15, 0.2) is 69.5 Å². The first-order chi connectivity index (χ1) is 13.0. The molecule has 0 atom stereocenters. The minimum absolute atomic E-state index is 0.0562. The number of fused-ring (bicyclic) bond motifs is 1. The molecule has 2 aromatic heterocycles. The number of benzene rings is 2. The van der Waals surface area contributed by atoms with Crippen molar-refractivity contribution in [2.45, 2.75) is 6.54 Å². The van der Waals surface area contributed by atoms with E-state index in [1.165, 1.54) is 22.2 Å². The molecule has 0 unspecified atom stereocenters. The van der Waals surface area contributed by atoms with Crippen LogP contribution < -0.4 is 5.56 Å². The number of hydrogen-bond acceptors (Lipinski definition) is 4. The number of carbonyl (C=O) groups excluding carboxylic acids is 1. The predicted molar refractivity (Wildman–Crippen MR) is 113 cm³/mol. The van der Waals surface area contributed by atoms with Crippen LogP contribution in [0.25, 0.3) is 21.3 Å². The standard InChI is InChI=1S/C20H12BrClN2O2S/c21-14-5-1-13(2-6-14)17(25)9-24-11-23-19-18(20(24)26)16(10-27-19)12-3-7-15(22)8-4-12/h1-8,10-11H,9H2. The lowest BCUT2D eigenvalue weighted by molar-refractivity contribution is 0.0970. The van der Waals surface area contributed by atoms with E-state index in [0.29, 0.717) is 20.8 Å². The average Bonchev–Trinajstić information content (AvgIpc) is 3.10. The van der Waals surface area contributed by atoms with Crippen LogP contribution in [0.4, 0.5) is 0 Å². The number of nitrogens with zero attached hydrogens (tertiary/aromatic N) is 2. The Balaban J connectivity index is 1.74. The second-order valence-corrected chi connectivity index (χ2v) is 8.15. The maximum Gasteiger partial charge on any atom is 0.263 e. The average molecular weight is 460 g/mol. The van der Waals surface area contributed by atoms with Crippen molar-refractivity contribution in [2.75, 3.05) is 0 Å². The molecule has 4 nitrogen and oxygen atoms in total. The van der Waals surface area contributed by atoms with Crippen molar-refractivity contribution in [3.63, 3.8) is 0 Å². The summed E-state index contributed by atoms with van der Waals surface area (Å²) in [5.41, 5.74) is 2.02. The van der Waals surface area contributed by atoms with Crippen LogP contribution >= 0.6 is 38.9 Å². The quantitative estimate of drug-likeness (QED) is 0.383. The van der Waals surface area contributed by atoms with E-state index >= 15 is 0 Å². The highest BCUT2D eigenvalue weighted by Gasteiger charge is 2.15. The zero-order chi connectivity index (χ0) is 19.0. The number of carbonyl (C=O) groups is 1. The molecule has 0 N–H and O–H groups in total. The van der Waals surface area contributed by atoms with Crippen LogP contribution in [0, 0.1) is 0 Å². The van der Waals surface area contributed by atoms with Crippen LogP contribution in [0.1, 0.15) is 10.4 Å². The van der Waals surface area contributed by atoms with E-state index in [-0.39, 0.29) is 17.9 Å². The molecule has 0 amide bonds. The molecule has 134 valence electrons. The molecule has 27 heavy (non-hydrogen) atoms. The number of thiophene rings is 1. The molecule has 0 spiro atoms. The van der Waals surface area contributed by atoms with Crippen LogP contribution in [0.3, 0.4) is 0 Å². The van der Waals surface area contributed by atoms with Crippen LogP contribution in [-0.4, -0.2) is 15.3 Å². The minimum Gasteiger partial charge on any atom is -0.292 e. The van der Waals surface area contributed by atoms with E-state index in [0.717, 1.165) is 15.6 Å². The predicted octanol–water partition coefficient (Wildman–Crippen LogP) is 5.42. The molecule has 0 aliphatic rings. The summed E-state index contributed by atoms with van der Waals surface area (Å²) in [6, 6.07) is 14.4. The fraction of sp³-hybridized carbons (Fsp3) is 0.0500. The summed E-state index contributed by atoms with van der Waals surface area (Å²) in [4.78, 5) is 30.6. The van der Waals surface area contributed by atoms with Crippen LogP contribution in [-0.2, 0) is 6.54 Å². The zero-order valence-electron chi connectivity index (χ0n) is 13.9. The molecule has 4 aromatic rings. The van der Waals surface area contributed by atoms with Gasteiger partial charge in [0.15, 0.2) is 5.78 Å². The zero-order valence-corrected chi connectivity index (χ0v) is 17.0. The second-order valence-electron chi connectivity index (χ2n) is 5.94. The molecule has 0 fully saturated rings. The third-order valence-electron chi connectivity index (χ3n) is 4.20. The van der Waals surface area contributed by atoms with E-state index in [4.69, 9.17) is 11.6 Å². The van der Waals surface area contributed by atoms with Gasteiger partial charge in [-0.3, -0.25) is 14.2 Å². The summed E-state index contributed by atoms with van der Waals surface area (Å²) in [6.45, 7) is -0.0562. The monoisotopic (exact) mass is 458 g/mol.